The van der Waals surface area contributed by atoms with Gasteiger partial charge in [-0.25, -0.2) is 4.79 Å². The number of nitrogens with zero attached hydrogens (tertiary/aromatic N) is 1. The van der Waals surface area contributed by atoms with E-state index in [4.69, 9.17) is 4.74 Å². The molecule has 1 atom stereocenters. The van der Waals surface area contributed by atoms with Crippen LogP contribution in [0.3, 0.4) is 0 Å². The third-order valence-corrected chi connectivity index (χ3v) is 6.63. The third-order valence-electron chi connectivity index (χ3n) is 6.63. The van der Waals surface area contributed by atoms with Crippen LogP contribution in [0.5, 0.6) is 0 Å². The van der Waals surface area contributed by atoms with Gasteiger partial charge in [-0.15, -0.1) is 0 Å². The van der Waals surface area contributed by atoms with Crippen molar-refractivity contribution in [1.82, 2.24) is 0 Å². The molecular weight excluding hydrogens is 499 g/mol. The lowest BCUT2D eigenvalue weighted by Gasteiger charge is -2.38. The minimum Gasteiger partial charge on any atom is -0.481 e. The lowest BCUT2D eigenvalue weighted by Crippen LogP contribution is -2.42. The molecule has 2 aromatic rings. The van der Waals surface area contributed by atoms with Crippen molar-refractivity contribution in [3.05, 3.63) is 53.6 Å². The maximum Gasteiger partial charge on any atom is 0.416 e. The predicted molar refractivity (Wildman–Crippen MR) is 142 cm³/mol. The van der Waals surface area contributed by atoms with Gasteiger partial charge in [0.1, 0.15) is 0 Å². The Morgan fingerprint density at radius 1 is 1.08 bits per heavy atom. The molecule has 7 nitrogen and oxygen atoms in total. The van der Waals surface area contributed by atoms with Crippen LogP contribution in [0.4, 0.5) is 35.0 Å². The number of benzene rings is 2. The normalized spacial score (nSPS) is 15.2. The van der Waals surface area contributed by atoms with Gasteiger partial charge in [0.2, 0.25) is 0 Å². The summed E-state index contributed by atoms with van der Waals surface area (Å²) in [6, 6.07) is 9.47. The molecule has 3 N–H and O–H groups in total. The van der Waals surface area contributed by atoms with Gasteiger partial charge in [-0.2, -0.15) is 13.2 Å². The molecule has 2 amide bonds. The number of hydrogen-bond donors (Lipinski definition) is 3. The average Bonchev–Trinajstić information content (AvgIpc) is 2.86. The summed E-state index contributed by atoms with van der Waals surface area (Å²) >= 11 is 0. The first-order valence-electron chi connectivity index (χ1n) is 12.9. The molecule has 1 aliphatic heterocycles. The Morgan fingerprint density at radius 3 is 2.29 bits per heavy atom. The molecule has 1 heterocycles. The summed E-state index contributed by atoms with van der Waals surface area (Å²) in [4.78, 5) is 26.7. The molecule has 0 aromatic heterocycles. The molecular formula is C28H36F3N3O4. The summed E-state index contributed by atoms with van der Waals surface area (Å²) < 4.78 is 44.2. The molecule has 1 aliphatic rings. The quantitative estimate of drug-likeness (QED) is 0.306. The monoisotopic (exact) mass is 535 g/mol. The minimum absolute atomic E-state index is 0.0390. The number of halogens is 3. The Balaban J connectivity index is 1.93. The van der Waals surface area contributed by atoms with Gasteiger partial charge in [-0.3, -0.25) is 4.79 Å². The molecule has 208 valence electrons. The number of carboxylic acid groups (broad SMARTS) is 1. The summed E-state index contributed by atoms with van der Waals surface area (Å²) in [6.45, 7) is 8.18. The van der Waals surface area contributed by atoms with Gasteiger partial charge in [-0.05, 0) is 73.1 Å². The first kappa shape index (κ1) is 29.3. The molecule has 38 heavy (non-hydrogen) atoms. The van der Waals surface area contributed by atoms with Crippen molar-refractivity contribution in [3.63, 3.8) is 0 Å². The molecule has 0 radical (unpaired) electrons. The van der Waals surface area contributed by atoms with E-state index in [0.29, 0.717) is 31.2 Å². The fourth-order valence-corrected chi connectivity index (χ4v) is 4.73. The first-order valence-corrected chi connectivity index (χ1v) is 12.9. The van der Waals surface area contributed by atoms with Gasteiger partial charge >= 0.3 is 18.2 Å². The van der Waals surface area contributed by atoms with Crippen LogP contribution in [0, 0.1) is 5.92 Å². The highest BCUT2D eigenvalue weighted by atomic mass is 19.4. The SMILES string of the molecule is CCC(CC(=O)O)c1ccc(N(CC(C)C)C2CCOCC2)c(NC(=O)Nc2ccc(C(F)(F)F)cc2)c1. The Labute approximate surface area is 221 Å². The highest BCUT2D eigenvalue weighted by Crippen LogP contribution is 2.36. The number of ether oxygens (including phenoxy) is 1. The van der Waals surface area contributed by atoms with Crippen molar-refractivity contribution >= 4 is 29.1 Å². The van der Waals surface area contributed by atoms with Crippen LogP contribution in [0.2, 0.25) is 0 Å². The zero-order chi connectivity index (χ0) is 27.9. The zero-order valence-corrected chi connectivity index (χ0v) is 22.0. The number of hydrogen-bond acceptors (Lipinski definition) is 4. The third kappa shape index (κ3) is 8.11. The maximum atomic E-state index is 13.0. The zero-order valence-electron chi connectivity index (χ0n) is 22.0. The van der Waals surface area contributed by atoms with Crippen LogP contribution >= 0.6 is 0 Å². The van der Waals surface area contributed by atoms with Crippen molar-refractivity contribution in [3.8, 4) is 0 Å². The van der Waals surface area contributed by atoms with Gasteiger partial charge in [0.25, 0.3) is 0 Å². The van der Waals surface area contributed by atoms with E-state index in [1.54, 1.807) is 0 Å². The summed E-state index contributed by atoms with van der Waals surface area (Å²) in [6.07, 6.45) is -2.22. The van der Waals surface area contributed by atoms with E-state index in [1.807, 2.05) is 25.1 Å². The van der Waals surface area contributed by atoms with E-state index in [0.717, 1.165) is 42.8 Å². The van der Waals surface area contributed by atoms with Gasteiger partial charge in [-0.1, -0.05) is 26.8 Å². The standard InChI is InChI=1S/C28H36F3N3O4/c1-4-19(16-26(35)36)20-5-10-25(34(17-18(2)3)23-11-13-38-14-12-23)24(15-20)33-27(37)32-22-8-6-21(7-9-22)28(29,30)31/h5-10,15,18-19,23H,4,11-14,16-17H2,1-3H3,(H,35,36)(H2,32,33,37). The summed E-state index contributed by atoms with van der Waals surface area (Å²) in [5, 5.41) is 14.8. The van der Waals surface area contributed by atoms with E-state index in [-0.39, 0.29) is 24.1 Å². The largest absolute Gasteiger partial charge is 0.481 e. The average molecular weight is 536 g/mol. The molecule has 0 spiro atoms. The van der Waals surface area contributed by atoms with Crippen LogP contribution in [0.15, 0.2) is 42.5 Å². The molecule has 3 rings (SSSR count). The number of amides is 2. The van der Waals surface area contributed by atoms with Crippen molar-refractivity contribution in [1.29, 1.82) is 0 Å². The number of rotatable bonds is 10. The number of urea groups is 1. The van der Waals surface area contributed by atoms with Crippen molar-refractivity contribution in [2.24, 2.45) is 5.92 Å². The van der Waals surface area contributed by atoms with Crippen LogP contribution in [-0.2, 0) is 15.7 Å². The van der Waals surface area contributed by atoms with Crippen molar-refractivity contribution < 1.29 is 32.6 Å². The van der Waals surface area contributed by atoms with Crippen molar-refractivity contribution in [2.75, 3.05) is 35.3 Å². The molecule has 10 heteroatoms. The predicted octanol–water partition coefficient (Wildman–Crippen LogP) is 6.96. The molecule has 0 aliphatic carbocycles. The van der Waals surface area contributed by atoms with E-state index < -0.39 is 23.7 Å². The van der Waals surface area contributed by atoms with Gasteiger partial charge in [0.05, 0.1) is 23.4 Å². The van der Waals surface area contributed by atoms with Crippen LogP contribution in [0.25, 0.3) is 0 Å². The lowest BCUT2D eigenvalue weighted by atomic mass is 9.92. The Bertz CT molecular complexity index is 1080. The second kappa shape index (κ2) is 13.0. The summed E-state index contributed by atoms with van der Waals surface area (Å²) in [5.74, 6) is -0.803. The van der Waals surface area contributed by atoms with E-state index in [9.17, 15) is 27.9 Å². The lowest BCUT2D eigenvalue weighted by molar-refractivity contribution is -0.138. The first-order chi connectivity index (χ1) is 18.0. The fraction of sp³-hybridized carbons (Fsp3) is 0.500. The molecule has 0 bridgehead atoms. The minimum atomic E-state index is -4.47. The van der Waals surface area contributed by atoms with Crippen LogP contribution in [-0.4, -0.2) is 42.9 Å². The second-order valence-corrected chi connectivity index (χ2v) is 10.0. The number of carbonyl (C=O) groups is 2. The number of anilines is 3. The highest BCUT2D eigenvalue weighted by Gasteiger charge is 2.30. The van der Waals surface area contributed by atoms with Crippen LogP contribution in [0.1, 0.15) is 63.5 Å². The number of alkyl halides is 3. The van der Waals surface area contributed by atoms with Crippen LogP contribution < -0.4 is 15.5 Å². The van der Waals surface area contributed by atoms with Crippen molar-refractivity contribution in [2.45, 2.75) is 64.6 Å². The summed E-state index contributed by atoms with van der Waals surface area (Å²) in [7, 11) is 0. The number of carbonyl (C=O) groups excluding carboxylic acids is 1. The highest BCUT2D eigenvalue weighted by molar-refractivity contribution is 6.02. The maximum absolute atomic E-state index is 13.0. The Morgan fingerprint density at radius 2 is 1.74 bits per heavy atom. The van der Waals surface area contributed by atoms with E-state index >= 15 is 0 Å². The fourth-order valence-electron chi connectivity index (χ4n) is 4.73. The number of aliphatic carboxylic acids is 1. The van der Waals surface area contributed by atoms with E-state index in [2.05, 4.69) is 29.4 Å². The Hall–Kier alpha value is -3.27. The topological polar surface area (TPSA) is 90.9 Å². The van der Waals surface area contributed by atoms with Gasteiger partial charge in [0, 0.05) is 31.5 Å². The number of carboxylic acids is 1. The second-order valence-electron chi connectivity index (χ2n) is 10.0. The summed E-state index contributed by atoms with van der Waals surface area (Å²) in [5.41, 5.74) is 1.53. The molecule has 2 aromatic carbocycles. The van der Waals surface area contributed by atoms with E-state index in [1.165, 1.54) is 12.1 Å². The smallest absolute Gasteiger partial charge is 0.416 e. The molecule has 1 fully saturated rings. The Kier molecular flexibility index (Phi) is 10.0. The van der Waals surface area contributed by atoms with Gasteiger partial charge < -0.3 is 25.4 Å². The van der Waals surface area contributed by atoms with Gasteiger partial charge in [0.15, 0.2) is 0 Å². The molecule has 1 saturated heterocycles. The number of nitrogens with one attached hydrogen (secondary N) is 2. The molecule has 1 unspecified atom stereocenters. The molecule has 0 saturated carbocycles.